The fourth-order valence-electron chi connectivity index (χ4n) is 2.81. The van der Waals surface area contributed by atoms with Gasteiger partial charge in [-0.1, -0.05) is 13.8 Å². The predicted octanol–water partition coefficient (Wildman–Crippen LogP) is 1.25. The maximum absolute atomic E-state index is 12.6. The molecule has 3 N–H and O–H groups in total. The lowest BCUT2D eigenvalue weighted by Gasteiger charge is -2.30. The SMILES string of the molecule is CSC(C)(C)C[C@H](NC(=O)[C@@H]1CCCN1C(=O)CC(C)(C)N)OC=O. The van der Waals surface area contributed by atoms with E-state index in [1.807, 2.05) is 20.1 Å². The van der Waals surface area contributed by atoms with Crippen LogP contribution in [0.5, 0.6) is 0 Å². The molecule has 0 saturated carbocycles. The predicted molar refractivity (Wildman–Crippen MR) is 98.9 cm³/mol. The molecule has 0 radical (unpaired) electrons. The number of nitrogens with one attached hydrogen (secondary N) is 1. The van der Waals surface area contributed by atoms with Crippen LogP contribution in [0.2, 0.25) is 0 Å². The van der Waals surface area contributed by atoms with E-state index in [1.165, 1.54) is 0 Å². The smallest absolute Gasteiger partial charge is 0.295 e. The molecule has 0 spiro atoms. The van der Waals surface area contributed by atoms with Crippen LogP contribution in [0.3, 0.4) is 0 Å². The van der Waals surface area contributed by atoms with Gasteiger partial charge in [0.05, 0.1) is 0 Å². The van der Waals surface area contributed by atoms with E-state index in [0.717, 1.165) is 6.42 Å². The van der Waals surface area contributed by atoms with Crippen LogP contribution in [0.15, 0.2) is 0 Å². The van der Waals surface area contributed by atoms with Crippen molar-refractivity contribution in [2.24, 2.45) is 5.73 Å². The lowest BCUT2D eigenvalue weighted by atomic mass is 10.0. The fourth-order valence-corrected chi connectivity index (χ4v) is 3.13. The number of carbonyl (C=O) groups is 3. The molecule has 1 fully saturated rings. The molecule has 7 nitrogen and oxygen atoms in total. The second kappa shape index (κ2) is 8.89. The molecule has 1 aliphatic rings. The second-order valence-corrected chi connectivity index (χ2v) is 9.32. The van der Waals surface area contributed by atoms with Gasteiger partial charge in [0.1, 0.15) is 6.04 Å². The lowest BCUT2D eigenvalue weighted by molar-refractivity contribution is -0.144. The van der Waals surface area contributed by atoms with Crippen LogP contribution in [0.4, 0.5) is 0 Å². The molecule has 144 valence electrons. The number of rotatable bonds is 9. The van der Waals surface area contributed by atoms with Gasteiger partial charge < -0.3 is 20.7 Å². The summed E-state index contributed by atoms with van der Waals surface area (Å²) in [6.45, 7) is 8.49. The molecule has 2 amide bonds. The van der Waals surface area contributed by atoms with Gasteiger partial charge in [-0.15, -0.1) is 0 Å². The number of hydrogen-bond acceptors (Lipinski definition) is 6. The minimum Gasteiger partial charge on any atom is -0.444 e. The van der Waals surface area contributed by atoms with E-state index in [0.29, 0.717) is 25.9 Å². The van der Waals surface area contributed by atoms with Crippen molar-refractivity contribution in [3.8, 4) is 0 Å². The van der Waals surface area contributed by atoms with Crippen molar-refractivity contribution in [2.45, 2.75) is 75.9 Å². The van der Waals surface area contributed by atoms with E-state index in [1.54, 1.807) is 30.5 Å². The van der Waals surface area contributed by atoms with Gasteiger partial charge in [0.15, 0.2) is 6.23 Å². The van der Waals surface area contributed by atoms with Crippen LogP contribution in [0.25, 0.3) is 0 Å². The number of likely N-dealkylation sites (tertiary alicyclic amines) is 1. The Morgan fingerprint density at radius 1 is 1.40 bits per heavy atom. The number of hydrogen-bond donors (Lipinski definition) is 2. The summed E-state index contributed by atoms with van der Waals surface area (Å²) in [7, 11) is 0. The van der Waals surface area contributed by atoms with Crippen molar-refractivity contribution in [1.82, 2.24) is 10.2 Å². The Hall–Kier alpha value is -1.28. The van der Waals surface area contributed by atoms with Crippen LogP contribution in [0, 0.1) is 0 Å². The van der Waals surface area contributed by atoms with E-state index in [-0.39, 0.29) is 23.0 Å². The third-order valence-corrected chi connectivity index (χ3v) is 5.51. The van der Waals surface area contributed by atoms with Crippen molar-refractivity contribution in [1.29, 1.82) is 0 Å². The highest BCUT2D eigenvalue weighted by Crippen LogP contribution is 2.27. The molecule has 0 aliphatic carbocycles. The normalized spacial score (nSPS) is 19.4. The van der Waals surface area contributed by atoms with Gasteiger partial charge in [0.2, 0.25) is 11.8 Å². The number of amides is 2. The highest BCUT2D eigenvalue weighted by atomic mass is 32.2. The summed E-state index contributed by atoms with van der Waals surface area (Å²) in [5.74, 6) is -0.410. The topological polar surface area (TPSA) is 102 Å². The molecule has 2 atom stereocenters. The van der Waals surface area contributed by atoms with E-state index >= 15 is 0 Å². The first-order valence-corrected chi connectivity index (χ1v) is 9.74. The minimum atomic E-state index is -0.712. The Morgan fingerprint density at radius 3 is 2.56 bits per heavy atom. The summed E-state index contributed by atoms with van der Waals surface area (Å²) >= 11 is 1.63. The Morgan fingerprint density at radius 2 is 2.04 bits per heavy atom. The van der Waals surface area contributed by atoms with Crippen molar-refractivity contribution in [3.63, 3.8) is 0 Å². The third-order valence-electron chi connectivity index (χ3n) is 4.24. The van der Waals surface area contributed by atoms with Crippen LogP contribution in [-0.2, 0) is 19.1 Å². The van der Waals surface area contributed by atoms with E-state index in [2.05, 4.69) is 5.32 Å². The highest BCUT2D eigenvalue weighted by Gasteiger charge is 2.37. The lowest BCUT2D eigenvalue weighted by Crippen LogP contribution is -2.51. The monoisotopic (exact) mass is 373 g/mol. The summed E-state index contributed by atoms with van der Waals surface area (Å²) < 4.78 is 4.88. The zero-order valence-electron chi connectivity index (χ0n) is 15.8. The maximum atomic E-state index is 12.6. The number of ether oxygens (including phenoxy) is 1. The molecule has 0 aromatic heterocycles. The maximum Gasteiger partial charge on any atom is 0.295 e. The Labute approximate surface area is 154 Å². The first-order valence-electron chi connectivity index (χ1n) is 8.52. The third kappa shape index (κ3) is 7.23. The van der Waals surface area contributed by atoms with Crippen molar-refractivity contribution < 1.29 is 19.1 Å². The van der Waals surface area contributed by atoms with Crippen molar-refractivity contribution >= 4 is 30.0 Å². The first-order chi connectivity index (χ1) is 11.5. The molecule has 25 heavy (non-hydrogen) atoms. The molecule has 1 rings (SSSR count). The van der Waals surface area contributed by atoms with Gasteiger partial charge in [-0.2, -0.15) is 11.8 Å². The second-order valence-electron chi connectivity index (χ2n) is 7.81. The van der Waals surface area contributed by atoms with Gasteiger partial charge in [-0.3, -0.25) is 14.4 Å². The Kier molecular flexibility index (Phi) is 7.74. The van der Waals surface area contributed by atoms with Gasteiger partial charge in [0.25, 0.3) is 6.47 Å². The van der Waals surface area contributed by atoms with Crippen LogP contribution in [-0.4, -0.2) is 58.5 Å². The average Bonchev–Trinajstić information content (AvgIpc) is 2.95. The molecule has 0 unspecified atom stereocenters. The average molecular weight is 374 g/mol. The van der Waals surface area contributed by atoms with Crippen LogP contribution in [0.1, 0.15) is 53.4 Å². The number of carbonyl (C=O) groups excluding carboxylic acids is 3. The summed E-state index contributed by atoms with van der Waals surface area (Å²) in [6, 6.07) is -0.537. The molecule has 0 aromatic carbocycles. The van der Waals surface area contributed by atoms with Crippen LogP contribution < -0.4 is 11.1 Å². The van der Waals surface area contributed by atoms with Gasteiger partial charge in [-0.05, 0) is 32.9 Å². The van der Waals surface area contributed by atoms with Crippen LogP contribution >= 0.6 is 11.8 Å². The van der Waals surface area contributed by atoms with Gasteiger partial charge in [-0.25, -0.2) is 0 Å². The molecular weight excluding hydrogens is 342 g/mol. The number of thioether (sulfide) groups is 1. The van der Waals surface area contributed by atoms with E-state index in [9.17, 15) is 14.4 Å². The Bertz CT molecular complexity index is 491. The largest absolute Gasteiger partial charge is 0.444 e. The standard InChI is InChI=1S/C17H31N3O4S/c1-16(2,18)10-14(22)20-8-6-7-12(20)15(23)19-13(24-11-21)9-17(3,4)25-5/h11-13H,6-10,18H2,1-5H3,(H,19,23)/t12-,13+/m0/s1. The molecule has 1 saturated heterocycles. The van der Waals surface area contributed by atoms with E-state index in [4.69, 9.17) is 10.5 Å². The van der Waals surface area contributed by atoms with Gasteiger partial charge >= 0.3 is 0 Å². The zero-order valence-corrected chi connectivity index (χ0v) is 16.6. The number of nitrogens with zero attached hydrogens (tertiary/aromatic N) is 1. The first kappa shape index (κ1) is 21.8. The summed E-state index contributed by atoms with van der Waals surface area (Å²) in [5.41, 5.74) is 5.30. The van der Waals surface area contributed by atoms with Crippen molar-refractivity contribution in [3.05, 3.63) is 0 Å². The molecular formula is C17H31N3O4S. The zero-order chi connectivity index (χ0) is 19.3. The van der Waals surface area contributed by atoms with Crippen molar-refractivity contribution in [2.75, 3.05) is 12.8 Å². The molecule has 1 aliphatic heterocycles. The summed E-state index contributed by atoms with van der Waals surface area (Å²) in [5, 5.41) is 2.77. The molecule has 0 aromatic rings. The summed E-state index contributed by atoms with van der Waals surface area (Å²) in [4.78, 5) is 37.4. The molecule has 0 bridgehead atoms. The number of nitrogens with two attached hydrogens (primary N) is 1. The summed E-state index contributed by atoms with van der Waals surface area (Å²) in [6.07, 6.45) is 3.29. The highest BCUT2D eigenvalue weighted by molar-refractivity contribution is 7.99. The van der Waals surface area contributed by atoms with Gasteiger partial charge in [0, 0.05) is 29.7 Å². The molecule has 8 heteroatoms. The quantitative estimate of drug-likeness (QED) is 0.466. The fraction of sp³-hybridized carbons (Fsp3) is 0.824. The molecule has 1 heterocycles. The Balaban J connectivity index is 2.75. The minimum absolute atomic E-state index is 0.123. The van der Waals surface area contributed by atoms with E-state index < -0.39 is 17.8 Å².